The maximum Gasteiger partial charge on any atom is 0.257 e. The van der Waals surface area contributed by atoms with Gasteiger partial charge in [-0.25, -0.2) is 0 Å². The molecule has 2 aromatic carbocycles. The van der Waals surface area contributed by atoms with Crippen molar-refractivity contribution in [3.8, 4) is 11.5 Å². The molecule has 0 aromatic heterocycles. The summed E-state index contributed by atoms with van der Waals surface area (Å²) in [4.78, 5) is 12.7. The Morgan fingerprint density at radius 3 is 2.40 bits per heavy atom. The molecule has 1 unspecified atom stereocenters. The monoisotopic (exact) mass is 409 g/mol. The van der Waals surface area contributed by atoms with Gasteiger partial charge < -0.3 is 19.5 Å². The molecule has 1 amide bonds. The number of hydrogen-bond acceptors (Lipinski definition) is 4. The van der Waals surface area contributed by atoms with Crippen LogP contribution in [0.3, 0.4) is 0 Å². The summed E-state index contributed by atoms with van der Waals surface area (Å²) in [6.07, 6.45) is 3.81. The number of hydrogen-bond donors (Lipinski definition) is 1. The van der Waals surface area contributed by atoms with Crippen molar-refractivity contribution in [2.24, 2.45) is 5.92 Å². The van der Waals surface area contributed by atoms with E-state index in [1.54, 1.807) is 20.4 Å². The zero-order valence-corrected chi connectivity index (χ0v) is 18.8. The average molecular weight is 409 g/mol. The number of ether oxygens (including phenoxy) is 3. The second kappa shape index (κ2) is 11.5. The number of rotatable bonds is 10. The number of nitrogens with one attached hydrogen (secondary N) is 1. The highest BCUT2D eigenvalue weighted by atomic mass is 16.5. The van der Waals surface area contributed by atoms with E-state index in [1.807, 2.05) is 45.1 Å². The predicted molar refractivity (Wildman–Crippen MR) is 124 cm³/mol. The molecule has 0 saturated heterocycles. The SMILES string of the molecule is Bc1cc(/C=C/NC(=O)C(OCC)c2ccc(CC(C)C)cc2)cc(OC)c1OC. The molecule has 0 spiro atoms. The van der Waals surface area contributed by atoms with Crippen LogP contribution in [0, 0.1) is 5.92 Å². The zero-order chi connectivity index (χ0) is 22.1. The fraction of sp³-hybridized carbons (Fsp3) is 0.375. The Kier molecular flexibility index (Phi) is 9.00. The summed E-state index contributed by atoms with van der Waals surface area (Å²) in [5.74, 6) is 1.74. The third-order valence-electron chi connectivity index (χ3n) is 4.69. The molecular weight excluding hydrogens is 377 g/mol. The van der Waals surface area contributed by atoms with Crippen molar-refractivity contribution in [1.82, 2.24) is 5.32 Å². The number of carbonyl (C=O) groups excluding carboxylic acids is 1. The maximum atomic E-state index is 12.7. The topological polar surface area (TPSA) is 56.8 Å². The van der Waals surface area contributed by atoms with E-state index in [0.29, 0.717) is 24.0 Å². The smallest absolute Gasteiger partial charge is 0.257 e. The molecule has 30 heavy (non-hydrogen) atoms. The lowest BCUT2D eigenvalue weighted by molar-refractivity contribution is -0.131. The van der Waals surface area contributed by atoms with Gasteiger partial charge in [0.05, 0.1) is 14.2 Å². The molecule has 1 N–H and O–H groups in total. The fourth-order valence-corrected chi connectivity index (χ4v) is 3.36. The van der Waals surface area contributed by atoms with E-state index in [2.05, 4.69) is 31.3 Å². The normalized spacial score (nSPS) is 12.2. The van der Waals surface area contributed by atoms with Gasteiger partial charge in [0.25, 0.3) is 5.91 Å². The Morgan fingerprint density at radius 1 is 1.13 bits per heavy atom. The highest BCUT2D eigenvalue weighted by molar-refractivity contribution is 6.34. The molecule has 160 valence electrons. The first-order valence-electron chi connectivity index (χ1n) is 10.3. The number of benzene rings is 2. The van der Waals surface area contributed by atoms with Crippen LogP contribution < -0.4 is 20.3 Å². The lowest BCUT2D eigenvalue weighted by Crippen LogP contribution is -2.27. The number of methoxy groups -OCH3 is 2. The minimum Gasteiger partial charge on any atom is -0.493 e. The molecule has 2 rings (SSSR count). The summed E-state index contributed by atoms with van der Waals surface area (Å²) < 4.78 is 16.5. The Labute approximate surface area is 180 Å². The lowest BCUT2D eigenvalue weighted by Gasteiger charge is -2.17. The molecule has 0 radical (unpaired) electrons. The van der Waals surface area contributed by atoms with Gasteiger partial charge in [0.2, 0.25) is 0 Å². The molecule has 0 aliphatic carbocycles. The molecule has 1 atom stereocenters. The van der Waals surface area contributed by atoms with Gasteiger partial charge in [0.15, 0.2) is 17.6 Å². The summed E-state index contributed by atoms with van der Waals surface area (Å²) in [5.41, 5.74) is 3.96. The van der Waals surface area contributed by atoms with Crippen molar-refractivity contribution in [2.75, 3.05) is 20.8 Å². The summed E-state index contributed by atoms with van der Waals surface area (Å²) in [5, 5.41) is 2.83. The Balaban J connectivity index is 2.11. The maximum absolute atomic E-state index is 12.7. The zero-order valence-electron chi connectivity index (χ0n) is 18.8. The third kappa shape index (κ3) is 6.39. The highest BCUT2D eigenvalue weighted by Crippen LogP contribution is 2.26. The molecule has 0 bridgehead atoms. The molecule has 6 heteroatoms. The molecule has 0 aliphatic rings. The van der Waals surface area contributed by atoms with Gasteiger partial charge in [-0.15, -0.1) is 0 Å². The Morgan fingerprint density at radius 2 is 1.83 bits per heavy atom. The van der Waals surface area contributed by atoms with Crippen molar-refractivity contribution >= 4 is 25.3 Å². The third-order valence-corrected chi connectivity index (χ3v) is 4.69. The summed E-state index contributed by atoms with van der Waals surface area (Å²) in [6.45, 7) is 6.72. The number of carbonyl (C=O) groups is 1. The van der Waals surface area contributed by atoms with Crippen LogP contribution in [-0.2, 0) is 16.0 Å². The van der Waals surface area contributed by atoms with E-state index in [-0.39, 0.29) is 5.91 Å². The first-order valence-corrected chi connectivity index (χ1v) is 10.3. The summed E-state index contributed by atoms with van der Waals surface area (Å²) >= 11 is 0. The van der Waals surface area contributed by atoms with Gasteiger partial charge in [-0.1, -0.05) is 44.2 Å². The van der Waals surface area contributed by atoms with Gasteiger partial charge in [-0.05, 0) is 53.6 Å². The van der Waals surface area contributed by atoms with Gasteiger partial charge in [-0.2, -0.15) is 0 Å². The summed E-state index contributed by atoms with van der Waals surface area (Å²) in [6, 6.07) is 11.9. The molecule has 5 nitrogen and oxygen atoms in total. The second-order valence-corrected chi connectivity index (χ2v) is 7.59. The first-order chi connectivity index (χ1) is 14.4. The van der Waals surface area contributed by atoms with E-state index in [4.69, 9.17) is 14.2 Å². The predicted octanol–water partition coefficient (Wildman–Crippen LogP) is 3.03. The van der Waals surface area contributed by atoms with Gasteiger partial charge in [-0.3, -0.25) is 4.79 Å². The van der Waals surface area contributed by atoms with Crippen molar-refractivity contribution in [3.63, 3.8) is 0 Å². The van der Waals surface area contributed by atoms with Crippen LogP contribution in [0.5, 0.6) is 11.5 Å². The standard InChI is InChI=1S/C24H32BNO4/c1-6-30-22(19-9-7-17(8-10-19)13-16(2)3)24(27)26-12-11-18-14-20(25)23(29-5)21(15-18)28-4/h7-12,14-16,22H,6,13,25H2,1-5H3,(H,26,27)/b12-11+. The molecule has 0 heterocycles. The fourth-order valence-electron chi connectivity index (χ4n) is 3.36. The van der Waals surface area contributed by atoms with Crippen molar-refractivity contribution in [2.45, 2.75) is 33.3 Å². The minimum atomic E-state index is -0.653. The van der Waals surface area contributed by atoms with Crippen LogP contribution in [0.15, 0.2) is 42.6 Å². The van der Waals surface area contributed by atoms with Crippen LogP contribution in [0.2, 0.25) is 0 Å². The Bertz CT molecular complexity index is 862. The minimum absolute atomic E-state index is 0.207. The Hall–Kier alpha value is -2.73. The average Bonchev–Trinajstić information content (AvgIpc) is 2.71. The first kappa shape index (κ1) is 23.6. The molecule has 0 fully saturated rings. The highest BCUT2D eigenvalue weighted by Gasteiger charge is 2.20. The van der Waals surface area contributed by atoms with Crippen molar-refractivity contribution in [3.05, 3.63) is 59.3 Å². The van der Waals surface area contributed by atoms with E-state index < -0.39 is 6.10 Å². The van der Waals surface area contributed by atoms with Crippen LogP contribution >= 0.6 is 0 Å². The quantitative estimate of drug-likeness (QED) is 0.613. The van der Waals surface area contributed by atoms with E-state index in [1.165, 1.54) is 5.56 Å². The van der Waals surface area contributed by atoms with Crippen molar-refractivity contribution in [1.29, 1.82) is 0 Å². The molecule has 0 aliphatic heterocycles. The lowest BCUT2D eigenvalue weighted by atomic mass is 9.92. The molecule has 0 saturated carbocycles. The second-order valence-electron chi connectivity index (χ2n) is 7.59. The number of amides is 1. The summed E-state index contributed by atoms with van der Waals surface area (Å²) in [7, 11) is 5.17. The molecular formula is C24H32BNO4. The van der Waals surface area contributed by atoms with E-state index in [9.17, 15) is 4.79 Å². The van der Waals surface area contributed by atoms with E-state index in [0.717, 1.165) is 23.0 Å². The van der Waals surface area contributed by atoms with Crippen LogP contribution in [0.4, 0.5) is 0 Å². The van der Waals surface area contributed by atoms with Crippen LogP contribution in [0.25, 0.3) is 6.08 Å². The van der Waals surface area contributed by atoms with Gasteiger partial charge in [0, 0.05) is 12.8 Å². The largest absolute Gasteiger partial charge is 0.493 e. The van der Waals surface area contributed by atoms with Crippen LogP contribution in [0.1, 0.15) is 43.6 Å². The van der Waals surface area contributed by atoms with Gasteiger partial charge >= 0.3 is 0 Å². The molecule has 2 aromatic rings. The van der Waals surface area contributed by atoms with Crippen molar-refractivity contribution < 1.29 is 19.0 Å². The van der Waals surface area contributed by atoms with E-state index >= 15 is 0 Å². The van der Waals surface area contributed by atoms with Crippen LogP contribution in [-0.4, -0.2) is 34.6 Å². The van der Waals surface area contributed by atoms with Gasteiger partial charge in [0.1, 0.15) is 7.85 Å².